The van der Waals surface area contributed by atoms with E-state index in [0.717, 1.165) is 16.6 Å². The van der Waals surface area contributed by atoms with E-state index < -0.39 is 0 Å². The normalized spacial score (nSPS) is 12.1. The van der Waals surface area contributed by atoms with Crippen molar-refractivity contribution >= 4 is 96.5 Å². The van der Waals surface area contributed by atoms with Crippen LogP contribution < -0.4 is 0 Å². The Bertz CT molecular complexity index is 3450. The van der Waals surface area contributed by atoms with Gasteiger partial charge in [-0.3, -0.25) is 0 Å². The molecule has 0 aliphatic rings. The maximum absolute atomic E-state index is 7.09. The molecule has 0 spiro atoms. The Morgan fingerprint density at radius 2 is 0.907 bits per heavy atom. The number of fused-ring (bicyclic) bond motifs is 11. The zero-order valence-corrected chi connectivity index (χ0v) is 30.0. The zero-order valence-electron chi connectivity index (χ0n) is 29.1. The Hall–Kier alpha value is -6.74. The van der Waals surface area contributed by atoms with Crippen LogP contribution in [0.25, 0.3) is 119 Å². The summed E-state index contributed by atoms with van der Waals surface area (Å²) in [6.07, 6.45) is 0. The van der Waals surface area contributed by atoms with Crippen molar-refractivity contribution in [2.75, 3.05) is 0 Å². The Morgan fingerprint density at radius 3 is 1.69 bits per heavy atom. The van der Waals surface area contributed by atoms with Crippen molar-refractivity contribution in [3.8, 4) is 33.4 Å². The average molecular weight is 703 g/mol. The van der Waals surface area contributed by atoms with Gasteiger partial charge >= 0.3 is 0 Å². The van der Waals surface area contributed by atoms with Crippen LogP contribution in [0.3, 0.4) is 0 Å². The van der Waals surface area contributed by atoms with Gasteiger partial charge in [0.05, 0.1) is 0 Å². The van der Waals surface area contributed by atoms with Crippen LogP contribution in [-0.4, -0.2) is 0 Å². The van der Waals surface area contributed by atoms with Crippen LogP contribution in [0.15, 0.2) is 186 Å². The van der Waals surface area contributed by atoms with Crippen molar-refractivity contribution in [3.05, 3.63) is 182 Å². The van der Waals surface area contributed by atoms with Crippen LogP contribution in [0.1, 0.15) is 0 Å². The Kier molecular flexibility index (Phi) is 6.28. The van der Waals surface area contributed by atoms with Gasteiger partial charge in [-0.25, -0.2) is 0 Å². The maximum Gasteiger partial charge on any atom is 0.144 e. The minimum absolute atomic E-state index is 0.919. The second-order valence-corrected chi connectivity index (χ2v) is 15.4. The number of furan rings is 1. The van der Waals surface area contributed by atoms with Crippen LogP contribution in [0, 0.1) is 0 Å². The Balaban J connectivity index is 1.21. The number of thiophene rings is 1. The van der Waals surface area contributed by atoms with E-state index in [-0.39, 0.29) is 0 Å². The molecule has 0 atom stereocenters. The first-order valence-electron chi connectivity index (χ1n) is 18.5. The minimum Gasteiger partial charge on any atom is -0.455 e. The quantitative estimate of drug-likeness (QED) is 0.167. The highest BCUT2D eigenvalue weighted by Gasteiger charge is 2.25. The highest BCUT2D eigenvalue weighted by Crippen LogP contribution is 2.52. The zero-order chi connectivity index (χ0) is 35.3. The van der Waals surface area contributed by atoms with Gasteiger partial charge < -0.3 is 4.42 Å². The molecule has 2 aromatic heterocycles. The lowest BCUT2D eigenvalue weighted by Crippen LogP contribution is -1.92. The van der Waals surface area contributed by atoms with E-state index in [0.29, 0.717) is 0 Å². The van der Waals surface area contributed by atoms with Crippen LogP contribution >= 0.6 is 11.3 Å². The van der Waals surface area contributed by atoms with Crippen molar-refractivity contribution in [2.45, 2.75) is 0 Å². The standard InChI is InChI=1S/C52H30OS/c1-2-14-33-28-35(25-24-31(33)12-1)34-15-11-16-36(29-34)47-38-18-5-7-20-40(38)49(41-21-8-6-19-39(41)47)51-50-42-22-9-10-23-45(42)54-46(50)30-43-48-37-17-4-3-13-32(37)26-27-44(48)53-52(43)51/h1-30H. The molecule has 2 heteroatoms. The molecule has 0 saturated heterocycles. The fourth-order valence-corrected chi connectivity index (χ4v) is 10.2. The molecule has 0 bridgehead atoms. The first-order chi connectivity index (χ1) is 26.8. The molecule has 12 aromatic rings. The molecular formula is C52H30OS. The third-order valence-electron chi connectivity index (χ3n) is 11.4. The lowest BCUT2D eigenvalue weighted by molar-refractivity contribution is 0.671. The molecular weight excluding hydrogens is 673 g/mol. The average Bonchev–Trinajstić information content (AvgIpc) is 3.80. The number of hydrogen-bond acceptors (Lipinski definition) is 2. The van der Waals surface area contributed by atoms with Crippen molar-refractivity contribution in [3.63, 3.8) is 0 Å². The summed E-state index contributed by atoms with van der Waals surface area (Å²) in [7, 11) is 0. The van der Waals surface area contributed by atoms with Gasteiger partial charge in [-0.05, 0) is 95.7 Å². The van der Waals surface area contributed by atoms with Crippen LogP contribution in [0.5, 0.6) is 0 Å². The molecule has 10 aromatic carbocycles. The lowest BCUT2D eigenvalue weighted by Gasteiger charge is -2.19. The van der Waals surface area contributed by atoms with Gasteiger partial charge in [-0.2, -0.15) is 0 Å². The molecule has 250 valence electrons. The molecule has 12 rings (SSSR count). The molecule has 54 heavy (non-hydrogen) atoms. The molecule has 2 heterocycles. The van der Waals surface area contributed by atoms with E-state index in [9.17, 15) is 0 Å². The molecule has 0 aliphatic carbocycles. The first kappa shape index (κ1) is 29.8. The van der Waals surface area contributed by atoms with Crippen molar-refractivity contribution in [1.82, 2.24) is 0 Å². The summed E-state index contributed by atoms with van der Waals surface area (Å²) in [5.74, 6) is 0. The summed E-state index contributed by atoms with van der Waals surface area (Å²) in [5.41, 5.74) is 9.14. The lowest BCUT2D eigenvalue weighted by atomic mass is 9.84. The number of benzene rings is 10. The molecule has 1 nitrogen and oxygen atoms in total. The van der Waals surface area contributed by atoms with Crippen molar-refractivity contribution in [1.29, 1.82) is 0 Å². The monoisotopic (exact) mass is 702 g/mol. The summed E-state index contributed by atoms with van der Waals surface area (Å²) in [4.78, 5) is 0. The molecule has 0 radical (unpaired) electrons. The van der Waals surface area contributed by atoms with Gasteiger partial charge in [-0.15, -0.1) is 11.3 Å². The highest BCUT2D eigenvalue weighted by atomic mass is 32.1. The topological polar surface area (TPSA) is 13.1 Å². The SMILES string of the molecule is c1cc(-c2ccc3ccccc3c2)cc(-c2c3ccccc3c(-c3c4oc5ccc6ccccc6c5c4cc4sc5ccccc5c34)c3ccccc23)c1. The summed E-state index contributed by atoms with van der Waals surface area (Å²) in [6.45, 7) is 0. The fraction of sp³-hybridized carbons (Fsp3) is 0. The number of rotatable bonds is 3. The van der Waals surface area contributed by atoms with E-state index in [1.165, 1.54) is 102 Å². The van der Waals surface area contributed by atoms with E-state index in [1.807, 2.05) is 11.3 Å². The smallest absolute Gasteiger partial charge is 0.144 e. The second-order valence-electron chi connectivity index (χ2n) is 14.3. The summed E-state index contributed by atoms with van der Waals surface area (Å²) in [6, 6.07) is 66.6. The van der Waals surface area contributed by atoms with Gasteiger partial charge in [0.1, 0.15) is 11.2 Å². The maximum atomic E-state index is 7.09. The molecule has 0 fully saturated rings. The van der Waals surface area contributed by atoms with Gasteiger partial charge in [0.25, 0.3) is 0 Å². The van der Waals surface area contributed by atoms with Gasteiger partial charge in [0.15, 0.2) is 0 Å². The summed E-state index contributed by atoms with van der Waals surface area (Å²) < 4.78 is 9.64. The molecule has 0 saturated carbocycles. The third-order valence-corrected chi connectivity index (χ3v) is 12.5. The molecule has 0 aliphatic heterocycles. The van der Waals surface area contributed by atoms with E-state index in [2.05, 4.69) is 182 Å². The summed E-state index contributed by atoms with van der Waals surface area (Å²) in [5, 5.41) is 14.7. The molecule has 0 amide bonds. The predicted octanol–water partition coefficient (Wildman–Crippen LogP) is 15.6. The van der Waals surface area contributed by atoms with Gasteiger partial charge in [-0.1, -0.05) is 152 Å². The Labute approximate surface area is 314 Å². The number of hydrogen-bond donors (Lipinski definition) is 0. The minimum atomic E-state index is 0.919. The van der Waals surface area contributed by atoms with Gasteiger partial charge in [0.2, 0.25) is 0 Å². The van der Waals surface area contributed by atoms with Crippen LogP contribution in [-0.2, 0) is 0 Å². The third kappa shape index (κ3) is 4.26. The fourth-order valence-electron chi connectivity index (χ4n) is 9.06. The first-order valence-corrected chi connectivity index (χ1v) is 19.3. The van der Waals surface area contributed by atoms with E-state index in [4.69, 9.17) is 4.42 Å². The van der Waals surface area contributed by atoms with Crippen molar-refractivity contribution in [2.24, 2.45) is 0 Å². The van der Waals surface area contributed by atoms with E-state index in [1.54, 1.807) is 0 Å². The van der Waals surface area contributed by atoms with Crippen molar-refractivity contribution < 1.29 is 4.42 Å². The highest BCUT2D eigenvalue weighted by molar-refractivity contribution is 7.26. The van der Waals surface area contributed by atoms with Gasteiger partial charge in [0, 0.05) is 42.1 Å². The van der Waals surface area contributed by atoms with Crippen LogP contribution in [0.4, 0.5) is 0 Å². The second kappa shape index (κ2) is 11.4. The molecule has 0 N–H and O–H groups in total. The van der Waals surface area contributed by atoms with Crippen LogP contribution in [0.2, 0.25) is 0 Å². The predicted molar refractivity (Wildman–Crippen MR) is 233 cm³/mol. The summed E-state index contributed by atoms with van der Waals surface area (Å²) >= 11 is 1.87. The largest absolute Gasteiger partial charge is 0.455 e. The van der Waals surface area contributed by atoms with E-state index >= 15 is 0 Å². The Morgan fingerprint density at radius 1 is 0.315 bits per heavy atom. The molecule has 0 unspecified atom stereocenters.